The van der Waals surface area contributed by atoms with E-state index in [2.05, 4.69) is 11.1 Å². The summed E-state index contributed by atoms with van der Waals surface area (Å²) in [5.74, 6) is 1.56. The highest BCUT2D eigenvalue weighted by molar-refractivity contribution is 8.13. The van der Waals surface area contributed by atoms with E-state index in [0.29, 0.717) is 18.3 Å². The number of nitrogens with one attached hydrogen (secondary N) is 1. The molecule has 6 nitrogen and oxygen atoms in total. The van der Waals surface area contributed by atoms with E-state index < -0.39 is 0 Å². The van der Waals surface area contributed by atoms with Crippen molar-refractivity contribution in [3.63, 3.8) is 0 Å². The van der Waals surface area contributed by atoms with Gasteiger partial charge in [-0.25, -0.2) is 4.90 Å². The van der Waals surface area contributed by atoms with Gasteiger partial charge in [0.2, 0.25) is 0 Å². The quantitative estimate of drug-likeness (QED) is 0.393. The van der Waals surface area contributed by atoms with E-state index in [1.807, 2.05) is 30.5 Å². The topological polar surface area (TPSA) is 72.6 Å². The molecule has 0 radical (unpaired) electrons. The van der Waals surface area contributed by atoms with Gasteiger partial charge in [0.15, 0.2) is 22.9 Å². The maximum Gasteiger partial charge on any atom is 0.187 e. The van der Waals surface area contributed by atoms with E-state index in [1.165, 1.54) is 16.7 Å². The Morgan fingerprint density at radius 1 is 1.42 bits per heavy atom. The number of amidine groups is 1. The number of likely N-dealkylation sites (tertiary alicyclic amines) is 1. The third-order valence-electron chi connectivity index (χ3n) is 4.40. The van der Waals surface area contributed by atoms with Crippen molar-refractivity contribution in [2.45, 2.75) is 31.5 Å². The molecule has 24 heavy (non-hydrogen) atoms. The number of hydrogen-bond donors (Lipinski definition) is 1. The number of fused-ring (bicyclic) bond motifs is 1. The Hall–Kier alpha value is -1.91. The molecule has 3 rings (SSSR count). The highest BCUT2D eigenvalue weighted by atomic mass is 32.2. The minimum absolute atomic E-state index is 0.0653. The average Bonchev–Trinajstić information content (AvgIpc) is 2.63. The number of rotatable bonds is 3. The molecule has 1 saturated heterocycles. The van der Waals surface area contributed by atoms with Gasteiger partial charge in [-0.2, -0.15) is 5.26 Å². The first-order valence-corrected chi connectivity index (χ1v) is 9.39. The third-order valence-corrected chi connectivity index (χ3v) is 4.99. The Kier molecular flexibility index (Phi) is 5.48. The zero-order chi connectivity index (χ0) is 16.9. The number of hydrogen-bond acceptors (Lipinski definition) is 6. The molecule has 0 aliphatic carbocycles. The number of thioether (sulfide) groups is 1. The molecule has 2 aliphatic rings. The molecule has 2 unspecified atom stereocenters. The number of ether oxygens (including phenoxy) is 2. The van der Waals surface area contributed by atoms with Crippen LogP contribution in [0.25, 0.3) is 0 Å². The maximum atomic E-state index is 9.47. The van der Waals surface area contributed by atoms with E-state index in [0.717, 1.165) is 37.3 Å². The van der Waals surface area contributed by atoms with E-state index in [4.69, 9.17) is 14.9 Å². The van der Waals surface area contributed by atoms with Crippen molar-refractivity contribution in [1.82, 2.24) is 9.80 Å². The zero-order valence-electron chi connectivity index (χ0n) is 13.8. The number of nitriles is 1. The third kappa shape index (κ3) is 3.60. The highest BCUT2D eigenvalue weighted by Crippen LogP contribution is 2.32. The Balaban J connectivity index is 1.68. The fourth-order valence-electron chi connectivity index (χ4n) is 3.24. The van der Waals surface area contributed by atoms with Crippen LogP contribution >= 0.6 is 11.8 Å². The van der Waals surface area contributed by atoms with Crippen LogP contribution in [0.5, 0.6) is 11.5 Å². The molecule has 2 aliphatic heterocycles. The Morgan fingerprint density at radius 3 is 2.96 bits per heavy atom. The SMILES string of the molecule is CSC(=N)N(C#N)C1CCCCN1CC1COc2ccccc2O1. The molecule has 1 N–H and O–H groups in total. The van der Waals surface area contributed by atoms with Crippen molar-refractivity contribution >= 4 is 16.9 Å². The summed E-state index contributed by atoms with van der Waals surface area (Å²) in [7, 11) is 0. The maximum absolute atomic E-state index is 9.47. The van der Waals surface area contributed by atoms with Crippen molar-refractivity contribution in [3.8, 4) is 17.7 Å². The van der Waals surface area contributed by atoms with Crippen LogP contribution < -0.4 is 9.47 Å². The summed E-state index contributed by atoms with van der Waals surface area (Å²) in [4.78, 5) is 3.76. The van der Waals surface area contributed by atoms with Gasteiger partial charge in [0, 0.05) is 13.1 Å². The second kappa shape index (κ2) is 7.77. The summed E-state index contributed by atoms with van der Waals surface area (Å²) in [5, 5.41) is 17.8. The summed E-state index contributed by atoms with van der Waals surface area (Å²) in [6, 6.07) is 7.69. The van der Waals surface area contributed by atoms with Crippen molar-refractivity contribution in [3.05, 3.63) is 24.3 Å². The molecular weight excluding hydrogens is 324 g/mol. The van der Waals surface area contributed by atoms with Gasteiger partial charge in [-0.1, -0.05) is 23.9 Å². The van der Waals surface area contributed by atoms with E-state index in [-0.39, 0.29) is 12.3 Å². The molecule has 2 heterocycles. The van der Waals surface area contributed by atoms with E-state index in [9.17, 15) is 5.26 Å². The lowest BCUT2D eigenvalue weighted by Crippen LogP contribution is -2.54. The Bertz CT molecular complexity index is 633. The van der Waals surface area contributed by atoms with Crippen LogP contribution in [0.4, 0.5) is 0 Å². The van der Waals surface area contributed by atoms with Crippen LogP contribution in [0.2, 0.25) is 0 Å². The summed E-state index contributed by atoms with van der Waals surface area (Å²) < 4.78 is 11.8. The zero-order valence-corrected chi connectivity index (χ0v) is 14.6. The van der Waals surface area contributed by atoms with E-state index in [1.54, 1.807) is 0 Å². The average molecular weight is 346 g/mol. The minimum atomic E-state index is -0.0653. The number of piperidine rings is 1. The van der Waals surface area contributed by atoms with Crippen molar-refractivity contribution in [2.75, 3.05) is 26.0 Å². The van der Waals surface area contributed by atoms with Gasteiger partial charge in [0.25, 0.3) is 0 Å². The molecule has 7 heteroatoms. The summed E-state index contributed by atoms with van der Waals surface area (Å²) in [6.45, 7) is 2.11. The van der Waals surface area contributed by atoms with Crippen LogP contribution in [-0.2, 0) is 0 Å². The van der Waals surface area contributed by atoms with E-state index >= 15 is 0 Å². The molecule has 0 bridgehead atoms. The molecule has 128 valence electrons. The van der Waals surface area contributed by atoms with Gasteiger partial charge in [-0.15, -0.1) is 0 Å². The molecule has 1 fully saturated rings. The van der Waals surface area contributed by atoms with Gasteiger partial charge >= 0.3 is 0 Å². The largest absolute Gasteiger partial charge is 0.486 e. The summed E-state index contributed by atoms with van der Waals surface area (Å²) >= 11 is 1.29. The summed E-state index contributed by atoms with van der Waals surface area (Å²) in [6.07, 6.45) is 6.95. The highest BCUT2D eigenvalue weighted by Gasteiger charge is 2.33. The fraction of sp³-hybridized carbons (Fsp3) is 0.529. The summed E-state index contributed by atoms with van der Waals surface area (Å²) in [5.41, 5.74) is 0. The molecular formula is C17H22N4O2S. The second-order valence-corrected chi connectivity index (χ2v) is 6.74. The molecule has 2 atom stereocenters. The predicted molar refractivity (Wildman–Crippen MR) is 94.3 cm³/mol. The van der Waals surface area contributed by atoms with Gasteiger partial charge in [-0.3, -0.25) is 10.3 Å². The number of benzene rings is 1. The molecule has 0 spiro atoms. The first-order chi connectivity index (χ1) is 11.7. The lowest BCUT2D eigenvalue weighted by molar-refractivity contribution is 0.0124. The molecule has 0 aromatic heterocycles. The number of nitrogens with zero attached hydrogens (tertiary/aromatic N) is 3. The lowest BCUT2D eigenvalue weighted by atomic mass is 10.1. The minimum Gasteiger partial charge on any atom is -0.486 e. The standard InChI is InChI=1S/C17H22N4O2S/c1-24-17(19)21(12-18)16-8-4-5-9-20(16)10-13-11-22-14-6-2-3-7-15(14)23-13/h2-3,6-7,13,16,19H,4-5,8-11H2,1H3. The van der Waals surface area contributed by atoms with Gasteiger partial charge in [0.05, 0.1) is 6.17 Å². The Morgan fingerprint density at radius 2 is 2.21 bits per heavy atom. The molecule has 0 saturated carbocycles. The Labute approximate surface area is 146 Å². The monoisotopic (exact) mass is 346 g/mol. The van der Waals surface area contributed by atoms with Crippen molar-refractivity contribution in [1.29, 1.82) is 10.7 Å². The molecule has 1 aromatic carbocycles. The van der Waals surface area contributed by atoms with Crippen LogP contribution in [0, 0.1) is 16.9 Å². The first kappa shape index (κ1) is 16.9. The molecule has 1 aromatic rings. The van der Waals surface area contributed by atoms with Crippen molar-refractivity contribution in [2.24, 2.45) is 0 Å². The first-order valence-electron chi connectivity index (χ1n) is 8.17. The van der Waals surface area contributed by atoms with Crippen LogP contribution in [0.3, 0.4) is 0 Å². The van der Waals surface area contributed by atoms with Gasteiger partial charge in [0.1, 0.15) is 12.7 Å². The fourth-order valence-corrected chi connectivity index (χ4v) is 3.60. The van der Waals surface area contributed by atoms with Crippen LogP contribution in [0.1, 0.15) is 19.3 Å². The smallest absolute Gasteiger partial charge is 0.187 e. The van der Waals surface area contributed by atoms with Gasteiger partial charge in [-0.05, 0) is 37.7 Å². The normalized spacial score (nSPS) is 23.3. The second-order valence-electron chi connectivity index (χ2n) is 5.95. The van der Waals surface area contributed by atoms with Crippen LogP contribution in [0.15, 0.2) is 24.3 Å². The number of para-hydroxylation sites is 2. The van der Waals surface area contributed by atoms with Crippen molar-refractivity contribution < 1.29 is 9.47 Å². The lowest BCUT2D eigenvalue weighted by Gasteiger charge is -2.41. The predicted octanol–water partition coefficient (Wildman–Crippen LogP) is 2.72. The molecule has 0 amide bonds. The van der Waals surface area contributed by atoms with Gasteiger partial charge < -0.3 is 9.47 Å². The van der Waals surface area contributed by atoms with Crippen LogP contribution in [-0.4, -0.2) is 53.2 Å².